The van der Waals surface area contributed by atoms with E-state index in [2.05, 4.69) is 6.92 Å². The van der Waals surface area contributed by atoms with Crippen molar-refractivity contribution in [2.75, 3.05) is 33.1 Å². The van der Waals surface area contributed by atoms with Crippen molar-refractivity contribution in [1.82, 2.24) is 9.97 Å². The van der Waals surface area contributed by atoms with Gasteiger partial charge in [-0.25, -0.2) is 4.98 Å². The van der Waals surface area contributed by atoms with Crippen molar-refractivity contribution in [1.29, 1.82) is 0 Å². The number of nitrogens with zero attached hydrogens (tertiary/aromatic N) is 2. The molecule has 0 saturated carbocycles. The highest BCUT2D eigenvalue weighted by atomic mass is 32.1. The van der Waals surface area contributed by atoms with Crippen LogP contribution in [0.25, 0.3) is 10.2 Å². The molecule has 3 aliphatic rings. The molecular formula is C23H26N3O4S+. The van der Waals surface area contributed by atoms with Crippen molar-refractivity contribution >= 4 is 21.6 Å². The molecule has 0 spiro atoms. The van der Waals surface area contributed by atoms with E-state index in [4.69, 9.17) is 28.9 Å². The number of benzene rings is 1. The van der Waals surface area contributed by atoms with E-state index < -0.39 is 0 Å². The number of ether oxygens (including phenoxy) is 4. The Morgan fingerprint density at radius 3 is 2.94 bits per heavy atom. The minimum Gasteiger partial charge on any atom is -0.454 e. The zero-order chi connectivity index (χ0) is 20.8. The van der Waals surface area contributed by atoms with Crippen LogP contribution in [0.5, 0.6) is 23.1 Å². The number of hydrogen-bond acceptors (Lipinski definition) is 7. The first-order valence-corrected chi connectivity index (χ1v) is 11.8. The molecule has 31 heavy (non-hydrogen) atoms. The third-order valence-corrected chi connectivity index (χ3v) is 7.48. The summed E-state index contributed by atoms with van der Waals surface area (Å²) in [5, 5.41) is 1.09. The van der Waals surface area contributed by atoms with E-state index in [9.17, 15) is 0 Å². The molecule has 4 heterocycles. The maximum atomic E-state index is 6.38. The zero-order valence-electron chi connectivity index (χ0n) is 17.6. The van der Waals surface area contributed by atoms with Crippen LogP contribution in [0.2, 0.25) is 0 Å². The number of fused-ring (bicyclic) bond motifs is 4. The highest BCUT2D eigenvalue weighted by Gasteiger charge is 2.26. The van der Waals surface area contributed by atoms with E-state index in [1.54, 1.807) is 0 Å². The van der Waals surface area contributed by atoms with Crippen LogP contribution in [-0.4, -0.2) is 43.1 Å². The van der Waals surface area contributed by atoms with E-state index in [1.807, 2.05) is 29.5 Å². The fourth-order valence-electron chi connectivity index (χ4n) is 4.62. The molecule has 1 aromatic carbocycles. The summed E-state index contributed by atoms with van der Waals surface area (Å²) in [5.41, 5.74) is 1.37. The molecule has 162 valence electrons. The van der Waals surface area contributed by atoms with Crippen LogP contribution in [0.4, 0.5) is 0 Å². The van der Waals surface area contributed by atoms with E-state index >= 15 is 0 Å². The van der Waals surface area contributed by atoms with Crippen LogP contribution in [-0.2, 0) is 24.1 Å². The summed E-state index contributed by atoms with van der Waals surface area (Å²) in [6, 6.07) is 5.68. The molecule has 3 aromatic rings. The molecule has 8 heteroatoms. The van der Waals surface area contributed by atoms with Crippen molar-refractivity contribution in [3.8, 4) is 23.1 Å². The quantitative estimate of drug-likeness (QED) is 0.673. The lowest BCUT2D eigenvalue weighted by atomic mass is 9.89. The number of aromatic nitrogens is 2. The summed E-state index contributed by atoms with van der Waals surface area (Å²) in [4.78, 5) is 13.8. The van der Waals surface area contributed by atoms with Crippen molar-refractivity contribution < 1.29 is 23.8 Å². The molecule has 1 fully saturated rings. The molecule has 0 bridgehead atoms. The maximum absolute atomic E-state index is 6.38. The Kier molecular flexibility index (Phi) is 4.93. The van der Waals surface area contributed by atoms with Gasteiger partial charge in [0.15, 0.2) is 17.3 Å². The molecule has 0 unspecified atom stereocenters. The predicted octanol–water partition coefficient (Wildman–Crippen LogP) is 2.75. The minimum atomic E-state index is 0.249. The van der Waals surface area contributed by atoms with E-state index in [1.165, 1.54) is 21.8 Å². The maximum Gasteiger partial charge on any atom is 0.231 e. The first kappa shape index (κ1) is 19.3. The molecule has 6 rings (SSSR count). The van der Waals surface area contributed by atoms with Gasteiger partial charge in [0.25, 0.3) is 0 Å². The second-order valence-corrected chi connectivity index (χ2v) is 9.72. The van der Waals surface area contributed by atoms with Crippen molar-refractivity contribution in [2.24, 2.45) is 5.92 Å². The second-order valence-electron chi connectivity index (χ2n) is 8.63. The molecule has 2 aliphatic heterocycles. The number of thiophene rings is 1. The normalized spacial score (nSPS) is 20.7. The Morgan fingerprint density at radius 1 is 1.16 bits per heavy atom. The number of rotatable bonds is 4. The SMILES string of the molecule is C[C@H]1CCc2c(sc3nc(C[NH+]4CCOCC4)nc(Oc4ccc5c(c4)OCO5)c23)C1. The number of hydrogen-bond donors (Lipinski definition) is 1. The van der Waals surface area contributed by atoms with E-state index in [0.29, 0.717) is 23.3 Å². The van der Waals surface area contributed by atoms with Gasteiger partial charge in [-0.15, -0.1) is 11.3 Å². The fraction of sp³-hybridized carbons (Fsp3) is 0.478. The Hall–Kier alpha value is -2.42. The second kappa shape index (κ2) is 7.93. The Balaban J connectivity index is 1.40. The summed E-state index contributed by atoms with van der Waals surface area (Å²) < 4.78 is 22.9. The fourth-order valence-corrected chi connectivity index (χ4v) is 6.01. The third kappa shape index (κ3) is 3.73. The van der Waals surface area contributed by atoms with Gasteiger partial charge in [-0.2, -0.15) is 4.98 Å². The highest BCUT2D eigenvalue weighted by molar-refractivity contribution is 7.18. The highest BCUT2D eigenvalue weighted by Crippen LogP contribution is 2.43. The molecule has 7 nitrogen and oxygen atoms in total. The van der Waals surface area contributed by atoms with Crippen LogP contribution in [0.1, 0.15) is 29.6 Å². The van der Waals surface area contributed by atoms with Crippen LogP contribution in [0.15, 0.2) is 18.2 Å². The van der Waals surface area contributed by atoms with Gasteiger partial charge < -0.3 is 23.8 Å². The van der Waals surface area contributed by atoms with E-state index in [0.717, 1.165) is 67.5 Å². The number of morpholine rings is 1. The average Bonchev–Trinajstić information content (AvgIpc) is 3.37. The zero-order valence-corrected chi connectivity index (χ0v) is 18.4. The lowest BCUT2D eigenvalue weighted by Crippen LogP contribution is -3.12. The lowest BCUT2D eigenvalue weighted by molar-refractivity contribution is -0.922. The third-order valence-electron chi connectivity index (χ3n) is 6.33. The largest absolute Gasteiger partial charge is 0.454 e. The first-order valence-electron chi connectivity index (χ1n) is 11.0. The van der Waals surface area contributed by atoms with Gasteiger partial charge in [0.1, 0.15) is 30.2 Å². The average molecular weight is 441 g/mol. The Labute approximate surface area is 184 Å². The van der Waals surface area contributed by atoms with Gasteiger partial charge in [0.2, 0.25) is 12.7 Å². The molecule has 1 N–H and O–H groups in total. The number of nitrogens with one attached hydrogen (secondary N) is 1. The van der Waals surface area contributed by atoms with Crippen LogP contribution >= 0.6 is 11.3 Å². The smallest absolute Gasteiger partial charge is 0.231 e. The van der Waals surface area contributed by atoms with Gasteiger partial charge >= 0.3 is 0 Å². The predicted molar refractivity (Wildman–Crippen MR) is 116 cm³/mol. The summed E-state index contributed by atoms with van der Waals surface area (Å²) in [6.45, 7) is 6.92. The summed E-state index contributed by atoms with van der Waals surface area (Å²) in [5.74, 6) is 4.38. The molecule has 0 radical (unpaired) electrons. The summed E-state index contributed by atoms with van der Waals surface area (Å²) in [7, 11) is 0. The molecule has 2 aromatic heterocycles. The summed E-state index contributed by atoms with van der Waals surface area (Å²) >= 11 is 1.81. The van der Waals surface area contributed by atoms with Crippen LogP contribution < -0.4 is 19.1 Å². The van der Waals surface area contributed by atoms with Crippen molar-refractivity contribution in [3.05, 3.63) is 34.5 Å². The van der Waals surface area contributed by atoms with Gasteiger partial charge in [0.05, 0.1) is 18.6 Å². The van der Waals surface area contributed by atoms with Crippen molar-refractivity contribution in [3.63, 3.8) is 0 Å². The van der Waals surface area contributed by atoms with Gasteiger partial charge in [-0.3, -0.25) is 0 Å². The van der Waals surface area contributed by atoms with Crippen LogP contribution in [0, 0.1) is 5.92 Å². The van der Waals surface area contributed by atoms with Crippen molar-refractivity contribution in [2.45, 2.75) is 32.7 Å². The Morgan fingerprint density at radius 2 is 2.03 bits per heavy atom. The number of quaternary nitrogens is 1. The molecule has 1 aliphatic carbocycles. The minimum absolute atomic E-state index is 0.249. The monoisotopic (exact) mass is 440 g/mol. The molecular weight excluding hydrogens is 414 g/mol. The molecule has 0 amide bonds. The van der Waals surface area contributed by atoms with Gasteiger partial charge in [-0.1, -0.05) is 6.92 Å². The van der Waals surface area contributed by atoms with Gasteiger partial charge in [0, 0.05) is 10.9 Å². The Bertz CT molecular complexity index is 1130. The molecule has 1 atom stereocenters. The number of aryl methyl sites for hydroxylation is 1. The first-order chi connectivity index (χ1) is 15.2. The topological polar surface area (TPSA) is 67.1 Å². The standard InChI is InChI=1S/C23H25N3O4S/c1-14-2-4-16-19(10-14)31-23-21(16)22(24-20(25-23)12-26-6-8-27-9-7-26)30-15-3-5-17-18(11-15)29-13-28-17/h3,5,11,14H,2,4,6-10,12-13H2,1H3/p+1/t14-/m0/s1. The van der Waals surface area contributed by atoms with Crippen LogP contribution in [0.3, 0.4) is 0 Å². The van der Waals surface area contributed by atoms with E-state index in [-0.39, 0.29) is 6.79 Å². The van der Waals surface area contributed by atoms with Gasteiger partial charge in [-0.05, 0) is 42.9 Å². The lowest BCUT2D eigenvalue weighted by Gasteiger charge is -2.23. The summed E-state index contributed by atoms with van der Waals surface area (Å²) in [6.07, 6.45) is 3.37. The molecule has 1 saturated heterocycles.